The molecular formula is C14H19N3O3. The highest BCUT2D eigenvalue weighted by Crippen LogP contribution is 2.28. The van der Waals surface area contributed by atoms with E-state index >= 15 is 0 Å². The van der Waals surface area contributed by atoms with Crippen LogP contribution >= 0.6 is 0 Å². The Morgan fingerprint density at radius 2 is 1.85 bits per heavy atom. The second-order valence-corrected chi connectivity index (χ2v) is 5.67. The third kappa shape index (κ3) is 2.67. The Morgan fingerprint density at radius 1 is 1.25 bits per heavy atom. The van der Waals surface area contributed by atoms with Crippen LogP contribution in [0.5, 0.6) is 0 Å². The average Bonchev–Trinajstić information content (AvgIpc) is 2.40. The molecule has 2 atom stereocenters. The zero-order chi connectivity index (χ0) is 14.1. The molecule has 2 N–H and O–H groups in total. The molecule has 20 heavy (non-hydrogen) atoms. The fraction of sp³-hybridized carbons (Fsp3) is 0.571. The molecule has 2 aliphatic heterocycles. The lowest BCUT2D eigenvalue weighted by Gasteiger charge is -2.47. The predicted molar refractivity (Wildman–Crippen MR) is 74.2 cm³/mol. The van der Waals surface area contributed by atoms with Crippen molar-refractivity contribution in [1.82, 2.24) is 4.90 Å². The number of nitrogens with zero attached hydrogens (tertiary/aromatic N) is 2. The molecule has 108 valence electrons. The lowest BCUT2D eigenvalue weighted by atomic mass is 9.90. The summed E-state index contributed by atoms with van der Waals surface area (Å²) in [5.41, 5.74) is 7.31. The van der Waals surface area contributed by atoms with Gasteiger partial charge in [-0.3, -0.25) is 15.0 Å². The second-order valence-electron chi connectivity index (χ2n) is 5.67. The van der Waals surface area contributed by atoms with Crippen LogP contribution in [-0.2, 0) is 11.3 Å². The first kappa shape index (κ1) is 13.5. The first-order valence-corrected chi connectivity index (χ1v) is 6.96. The predicted octanol–water partition coefficient (Wildman–Crippen LogP) is 1.29. The Kier molecular flexibility index (Phi) is 3.69. The number of nitro groups is 1. The van der Waals surface area contributed by atoms with E-state index in [1.165, 1.54) is 0 Å². The van der Waals surface area contributed by atoms with Gasteiger partial charge < -0.3 is 10.5 Å². The van der Waals surface area contributed by atoms with E-state index in [1.54, 1.807) is 12.1 Å². The minimum Gasteiger partial charge on any atom is -0.378 e. The van der Waals surface area contributed by atoms with Gasteiger partial charge in [0.2, 0.25) is 0 Å². The molecule has 2 unspecified atom stereocenters. The quantitative estimate of drug-likeness (QED) is 0.665. The van der Waals surface area contributed by atoms with Gasteiger partial charge in [0.1, 0.15) is 0 Å². The van der Waals surface area contributed by atoms with Crippen LogP contribution in [0.4, 0.5) is 5.69 Å². The van der Waals surface area contributed by atoms with Crippen LogP contribution < -0.4 is 5.73 Å². The molecule has 2 bridgehead atoms. The third-order valence-electron chi connectivity index (χ3n) is 4.22. The van der Waals surface area contributed by atoms with E-state index in [-0.39, 0.29) is 16.7 Å². The van der Waals surface area contributed by atoms with Crippen molar-refractivity contribution in [3.8, 4) is 0 Å². The Morgan fingerprint density at radius 3 is 2.40 bits per heavy atom. The fourth-order valence-electron chi connectivity index (χ4n) is 3.22. The molecule has 6 heteroatoms. The van der Waals surface area contributed by atoms with E-state index in [1.807, 2.05) is 12.1 Å². The van der Waals surface area contributed by atoms with Crippen LogP contribution in [0.15, 0.2) is 24.3 Å². The number of morpholine rings is 1. The number of piperidine rings is 1. The molecule has 2 aliphatic rings. The van der Waals surface area contributed by atoms with E-state index < -0.39 is 0 Å². The van der Waals surface area contributed by atoms with Crippen molar-refractivity contribution in [2.24, 2.45) is 5.73 Å². The molecule has 6 nitrogen and oxygen atoms in total. The smallest absolute Gasteiger partial charge is 0.269 e. The largest absolute Gasteiger partial charge is 0.378 e. The summed E-state index contributed by atoms with van der Waals surface area (Å²) in [4.78, 5) is 12.7. The highest BCUT2D eigenvalue weighted by atomic mass is 16.6. The van der Waals surface area contributed by atoms with Crippen LogP contribution in [0.1, 0.15) is 18.4 Å². The molecular weight excluding hydrogens is 258 g/mol. The number of benzene rings is 1. The van der Waals surface area contributed by atoms with E-state index in [2.05, 4.69) is 4.90 Å². The standard InChI is InChI=1S/C14H19N3O3/c15-11-5-13-8-20-9-14(6-11)16(13)7-10-1-3-12(4-2-10)17(18)19/h1-4,11,13-14H,5-9,15H2. The normalized spacial score (nSPS) is 30.1. The maximum Gasteiger partial charge on any atom is 0.269 e. The number of ether oxygens (including phenoxy) is 1. The minimum atomic E-state index is -0.369. The van der Waals surface area contributed by atoms with Crippen LogP contribution in [-0.4, -0.2) is 41.2 Å². The lowest BCUT2D eigenvalue weighted by Crippen LogP contribution is -2.58. The van der Waals surface area contributed by atoms with Gasteiger partial charge >= 0.3 is 0 Å². The molecule has 0 aliphatic carbocycles. The van der Waals surface area contributed by atoms with Crippen LogP contribution in [0.3, 0.4) is 0 Å². The summed E-state index contributed by atoms with van der Waals surface area (Å²) < 4.78 is 5.62. The molecule has 2 saturated heterocycles. The summed E-state index contributed by atoms with van der Waals surface area (Å²) in [5, 5.41) is 10.7. The van der Waals surface area contributed by atoms with Gasteiger partial charge in [0.25, 0.3) is 5.69 Å². The summed E-state index contributed by atoms with van der Waals surface area (Å²) >= 11 is 0. The molecule has 0 amide bonds. The Balaban J connectivity index is 1.72. The molecule has 0 aromatic heterocycles. The van der Waals surface area contributed by atoms with Gasteiger partial charge in [-0.2, -0.15) is 0 Å². The maximum atomic E-state index is 10.7. The minimum absolute atomic E-state index is 0.137. The van der Waals surface area contributed by atoms with Crippen molar-refractivity contribution in [1.29, 1.82) is 0 Å². The number of non-ortho nitro benzene ring substituents is 1. The monoisotopic (exact) mass is 277 g/mol. The van der Waals surface area contributed by atoms with Crippen LogP contribution in [0.25, 0.3) is 0 Å². The van der Waals surface area contributed by atoms with Gasteiger partial charge in [-0.05, 0) is 18.4 Å². The first-order valence-electron chi connectivity index (χ1n) is 6.96. The molecule has 1 aromatic carbocycles. The topological polar surface area (TPSA) is 81.6 Å². The van der Waals surface area contributed by atoms with Gasteiger partial charge in [-0.15, -0.1) is 0 Å². The Bertz CT molecular complexity index is 477. The maximum absolute atomic E-state index is 10.7. The van der Waals surface area contributed by atoms with E-state index in [0.717, 1.165) is 38.2 Å². The van der Waals surface area contributed by atoms with Crippen molar-refractivity contribution in [3.63, 3.8) is 0 Å². The van der Waals surface area contributed by atoms with E-state index in [9.17, 15) is 10.1 Å². The number of hydrogen-bond donors (Lipinski definition) is 1. The molecule has 1 aromatic rings. The van der Waals surface area contributed by atoms with Gasteiger partial charge in [-0.25, -0.2) is 0 Å². The third-order valence-corrected chi connectivity index (χ3v) is 4.22. The van der Waals surface area contributed by atoms with Crippen molar-refractivity contribution in [2.45, 2.75) is 37.5 Å². The lowest BCUT2D eigenvalue weighted by molar-refractivity contribution is -0.384. The molecule has 0 radical (unpaired) electrons. The van der Waals surface area contributed by atoms with Crippen molar-refractivity contribution < 1.29 is 9.66 Å². The summed E-state index contributed by atoms with van der Waals surface area (Å²) in [6, 6.07) is 7.81. The van der Waals surface area contributed by atoms with Crippen LogP contribution in [0.2, 0.25) is 0 Å². The number of fused-ring (bicyclic) bond motifs is 2. The molecule has 0 saturated carbocycles. The van der Waals surface area contributed by atoms with Crippen LogP contribution in [0, 0.1) is 10.1 Å². The highest BCUT2D eigenvalue weighted by molar-refractivity contribution is 5.32. The number of nitrogens with two attached hydrogens (primary N) is 1. The van der Waals surface area contributed by atoms with Crippen molar-refractivity contribution in [3.05, 3.63) is 39.9 Å². The number of rotatable bonds is 3. The summed E-state index contributed by atoms with van der Waals surface area (Å²) in [5.74, 6) is 0. The Labute approximate surface area is 117 Å². The van der Waals surface area contributed by atoms with Crippen molar-refractivity contribution >= 4 is 5.69 Å². The molecule has 2 heterocycles. The zero-order valence-electron chi connectivity index (χ0n) is 11.3. The number of nitro benzene ring substituents is 1. The number of hydrogen-bond acceptors (Lipinski definition) is 5. The molecule has 0 spiro atoms. The molecule has 2 fully saturated rings. The zero-order valence-corrected chi connectivity index (χ0v) is 11.3. The van der Waals surface area contributed by atoms with Gasteiger partial charge in [0, 0.05) is 36.8 Å². The van der Waals surface area contributed by atoms with E-state index in [4.69, 9.17) is 10.5 Å². The fourth-order valence-corrected chi connectivity index (χ4v) is 3.22. The second kappa shape index (κ2) is 5.47. The SMILES string of the molecule is NC1CC2COCC(C1)N2Cc1ccc([N+](=O)[O-])cc1. The van der Waals surface area contributed by atoms with Gasteiger partial charge in [0.05, 0.1) is 18.1 Å². The highest BCUT2D eigenvalue weighted by Gasteiger charge is 2.37. The first-order chi connectivity index (χ1) is 9.63. The van der Waals surface area contributed by atoms with Crippen molar-refractivity contribution in [2.75, 3.05) is 13.2 Å². The van der Waals surface area contributed by atoms with Gasteiger partial charge in [-0.1, -0.05) is 12.1 Å². The summed E-state index contributed by atoms with van der Waals surface area (Å²) in [6.45, 7) is 2.28. The summed E-state index contributed by atoms with van der Waals surface area (Å²) in [6.07, 6.45) is 1.92. The van der Waals surface area contributed by atoms with E-state index in [0.29, 0.717) is 12.1 Å². The Hall–Kier alpha value is -1.50. The van der Waals surface area contributed by atoms with Gasteiger partial charge in [0.15, 0.2) is 0 Å². The summed E-state index contributed by atoms with van der Waals surface area (Å²) in [7, 11) is 0. The average molecular weight is 277 g/mol. The molecule has 3 rings (SSSR count).